The molecule has 1 fully saturated rings. The molecule has 0 aliphatic carbocycles. The number of benzene rings is 1. The Morgan fingerprint density at radius 1 is 1.43 bits per heavy atom. The van der Waals surface area contributed by atoms with Gasteiger partial charge in [0, 0.05) is 5.69 Å². The summed E-state index contributed by atoms with van der Waals surface area (Å²) in [7, 11) is 0. The van der Waals surface area contributed by atoms with Crippen molar-refractivity contribution in [3.05, 3.63) is 35.2 Å². The van der Waals surface area contributed by atoms with Crippen molar-refractivity contribution in [1.82, 2.24) is 15.5 Å². The van der Waals surface area contributed by atoms with Crippen molar-refractivity contribution in [1.29, 1.82) is 0 Å². The molecule has 6 nitrogen and oxygen atoms in total. The Balaban J connectivity index is 1.53. The fraction of sp³-hybridized carbons (Fsp3) is 0.438. The van der Waals surface area contributed by atoms with Gasteiger partial charge in [-0.05, 0) is 50.4 Å². The Hall–Kier alpha value is -1.86. The number of rotatable bonds is 5. The van der Waals surface area contributed by atoms with Crippen LogP contribution in [0, 0.1) is 13.8 Å². The van der Waals surface area contributed by atoms with Crippen LogP contribution in [0.25, 0.3) is 0 Å². The lowest BCUT2D eigenvalue weighted by Crippen LogP contribution is -2.15. The van der Waals surface area contributed by atoms with Crippen LogP contribution in [0.3, 0.4) is 0 Å². The van der Waals surface area contributed by atoms with Crippen molar-refractivity contribution < 1.29 is 9.21 Å². The van der Waals surface area contributed by atoms with Crippen LogP contribution in [0.15, 0.2) is 27.8 Å². The maximum Gasteiger partial charge on any atom is 0.277 e. The smallest absolute Gasteiger partial charge is 0.277 e. The standard InChI is InChI=1S/C16H20N4O2S/c1-10-5-6-11(2)13(8-10)18-14(21)9-23-16-20-19-15(22-16)12-4-3-7-17-12/h5-6,8,12,17H,3-4,7,9H2,1-2H3,(H,18,21). The summed E-state index contributed by atoms with van der Waals surface area (Å²) in [5.74, 6) is 0.773. The molecule has 122 valence electrons. The summed E-state index contributed by atoms with van der Waals surface area (Å²) < 4.78 is 5.61. The monoisotopic (exact) mass is 332 g/mol. The number of aromatic nitrogens is 2. The second kappa shape index (κ2) is 7.14. The zero-order chi connectivity index (χ0) is 16.2. The number of aryl methyl sites for hydroxylation is 2. The maximum absolute atomic E-state index is 12.1. The van der Waals surface area contributed by atoms with Crippen molar-refractivity contribution in [2.75, 3.05) is 17.6 Å². The first-order valence-electron chi connectivity index (χ1n) is 7.68. The molecule has 1 amide bonds. The van der Waals surface area contributed by atoms with Gasteiger partial charge in [0.15, 0.2) is 0 Å². The van der Waals surface area contributed by atoms with E-state index in [-0.39, 0.29) is 17.7 Å². The molecule has 0 bridgehead atoms. The molecule has 3 rings (SSSR count). The summed E-state index contributed by atoms with van der Waals surface area (Å²) in [5.41, 5.74) is 3.00. The number of carbonyl (C=O) groups is 1. The first-order chi connectivity index (χ1) is 11.1. The Morgan fingerprint density at radius 3 is 3.09 bits per heavy atom. The lowest BCUT2D eigenvalue weighted by Gasteiger charge is -2.08. The summed E-state index contributed by atoms with van der Waals surface area (Å²) in [6.45, 7) is 4.95. The molecule has 1 saturated heterocycles. The first kappa shape index (κ1) is 16.0. The molecule has 23 heavy (non-hydrogen) atoms. The molecule has 2 N–H and O–H groups in total. The summed E-state index contributed by atoms with van der Waals surface area (Å²) >= 11 is 1.26. The molecule has 0 radical (unpaired) electrons. The molecular weight excluding hydrogens is 312 g/mol. The average Bonchev–Trinajstić information content (AvgIpc) is 3.19. The van der Waals surface area contributed by atoms with Crippen LogP contribution in [0.1, 0.15) is 35.9 Å². The topological polar surface area (TPSA) is 80.0 Å². The number of hydrogen-bond donors (Lipinski definition) is 2. The number of nitrogens with zero attached hydrogens (tertiary/aromatic N) is 2. The number of thioether (sulfide) groups is 1. The van der Waals surface area contributed by atoms with Crippen molar-refractivity contribution >= 4 is 23.4 Å². The molecule has 1 aromatic carbocycles. The SMILES string of the molecule is Cc1ccc(C)c(NC(=O)CSc2nnc(C3CCCN3)o2)c1. The van der Waals surface area contributed by atoms with E-state index in [0.717, 1.165) is 36.2 Å². The Kier molecular flexibility index (Phi) is 4.97. The van der Waals surface area contributed by atoms with Gasteiger partial charge in [0.05, 0.1) is 11.8 Å². The van der Waals surface area contributed by atoms with Gasteiger partial charge in [-0.15, -0.1) is 10.2 Å². The highest BCUT2D eigenvalue weighted by Gasteiger charge is 2.22. The third kappa shape index (κ3) is 4.11. The minimum absolute atomic E-state index is 0.0811. The van der Waals surface area contributed by atoms with E-state index in [4.69, 9.17) is 4.42 Å². The first-order valence-corrected chi connectivity index (χ1v) is 8.67. The van der Waals surface area contributed by atoms with Crippen LogP contribution in [-0.2, 0) is 4.79 Å². The Bertz CT molecular complexity index is 695. The third-order valence-electron chi connectivity index (χ3n) is 3.77. The summed E-state index contributed by atoms with van der Waals surface area (Å²) in [6, 6.07) is 6.14. The highest BCUT2D eigenvalue weighted by atomic mass is 32.2. The normalized spacial score (nSPS) is 17.4. The van der Waals surface area contributed by atoms with Gasteiger partial charge in [0.25, 0.3) is 5.22 Å². The van der Waals surface area contributed by atoms with E-state index in [1.165, 1.54) is 11.8 Å². The van der Waals surface area contributed by atoms with Crippen molar-refractivity contribution in [2.24, 2.45) is 0 Å². The van der Waals surface area contributed by atoms with E-state index in [1.807, 2.05) is 32.0 Å². The number of carbonyl (C=O) groups excluding carboxylic acids is 1. The zero-order valence-corrected chi connectivity index (χ0v) is 14.1. The summed E-state index contributed by atoms with van der Waals surface area (Å²) in [6.07, 6.45) is 2.13. The molecule has 2 heterocycles. The van der Waals surface area contributed by atoms with Gasteiger partial charge < -0.3 is 15.1 Å². The van der Waals surface area contributed by atoms with Gasteiger partial charge in [-0.3, -0.25) is 4.79 Å². The Morgan fingerprint density at radius 2 is 2.30 bits per heavy atom. The molecule has 1 aliphatic heterocycles. The minimum Gasteiger partial charge on any atom is -0.414 e. The van der Waals surface area contributed by atoms with Gasteiger partial charge in [-0.25, -0.2) is 0 Å². The predicted molar refractivity (Wildman–Crippen MR) is 89.5 cm³/mol. The van der Waals surface area contributed by atoms with E-state index in [0.29, 0.717) is 11.1 Å². The van der Waals surface area contributed by atoms with E-state index in [9.17, 15) is 4.79 Å². The molecule has 1 unspecified atom stereocenters. The van der Waals surface area contributed by atoms with Gasteiger partial charge >= 0.3 is 0 Å². The summed E-state index contributed by atoms with van der Waals surface area (Å²) in [4.78, 5) is 12.1. The van der Waals surface area contributed by atoms with Crippen LogP contribution < -0.4 is 10.6 Å². The van der Waals surface area contributed by atoms with Crippen molar-refractivity contribution in [3.8, 4) is 0 Å². The number of amides is 1. The molecule has 1 atom stereocenters. The minimum atomic E-state index is -0.0811. The second-order valence-corrected chi connectivity index (χ2v) is 6.64. The maximum atomic E-state index is 12.1. The molecule has 7 heteroatoms. The largest absolute Gasteiger partial charge is 0.414 e. The highest BCUT2D eigenvalue weighted by Crippen LogP contribution is 2.25. The van der Waals surface area contributed by atoms with Gasteiger partial charge in [-0.2, -0.15) is 0 Å². The van der Waals surface area contributed by atoms with E-state index < -0.39 is 0 Å². The molecule has 2 aromatic rings. The molecule has 1 aromatic heterocycles. The molecule has 0 spiro atoms. The van der Waals surface area contributed by atoms with Gasteiger partial charge in [-0.1, -0.05) is 23.9 Å². The van der Waals surface area contributed by atoms with Crippen molar-refractivity contribution in [3.63, 3.8) is 0 Å². The fourth-order valence-electron chi connectivity index (χ4n) is 2.50. The van der Waals surface area contributed by atoms with Crippen LogP contribution in [-0.4, -0.2) is 28.4 Å². The molecule has 0 saturated carbocycles. The van der Waals surface area contributed by atoms with Crippen LogP contribution >= 0.6 is 11.8 Å². The number of anilines is 1. The molecular formula is C16H20N4O2S. The van der Waals surface area contributed by atoms with Crippen molar-refractivity contribution in [2.45, 2.75) is 38.0 Å². The lowest BCUT2D eigenvalue weighted by molar-refractivity contribution is -0.113. The third-order valence-corrected chi connectivity index (χ3v) is 4.59. The number of nitrogens with one attached hydrogen (secondary N) is 2. The predicted octanol–water partition coefficient (Wildman–Crippen LogP) is 2.84. The molecule has 1 aliphatic rings. The zero-order valence-electron chi connectivity index (χ0n) is 13.3. The van der Waals surface area contributed by atoms with Crippen LogP contribution in [0.2, 0.25) is 0 Å². The van der Waals surface area contributed by atoms with Crippen LogP contribution in [0.4, 0.5) is 5.69 Å². The highest BCUT2D eigenvalue weighted by molar-refractivity contribution is 7.99. The van der Waals surface area contributed by atoms with Gasteiger partial charge in [0.2, 0.25) is 11.8 Å². The van der Waals surface area contributed by atoms with E-state index in [1.54, 1.807) is 0 Å². The second-order valence-electron chi connectivity index (χ2n) is 5.71. The number of hydrogen-bond acceptors (Lipinski definition) is 6. The summed E-state index contributed by atoms with van der Waals surface area (Å²) in [5, 5.41) is 14.7. The van der Waals surface area contributed by atoms with Gasteiger partial charge in [0.1, 0.15) is 0 Å². The lowest BCUT2D eigenvalue weighted by atomic mass is 10.1. The quantitative estimate of drug-likeness (QED) is 0.820. The van der Waals surface area contributed by atoms with E-state index in [2.05, 4.69) is 20.8 Å². The van der Waals surface area contributed by atoms with E-state index >= 15 is 0 Å². The van der Waals surface area contributed by atoms with Crippen LogP contribution in [0.5, 0.6) is 0 Å². The Labute approximate surface area is 139 Å². The fourth-order valence-corrected chi connectivity index (χ4v) is 3.07. The average molecular weight is 332 g/mol.